The fourth-order valence-corrected chi connectivity index (χ4v) is 2.02. The van der Waals surface area contributed by atoms with Gasteiger partial charge in [-0.05, 0) is 30.4 Å². The molecule has 1 heterocycles. The summed E-state index contributed by atoms with van der Waals surface area (Å²) in [4.78, 5) is 26.4. The summed E-state index contributed by atoms with van der Waals surface area (Å²) < 4.78 is 5.41. The van der Waals surface area contributed by atoms with Crippen LogP contribution in [0.4, 0.5) is 0 Å². The van der Waals surface area contributed by atoms with E-state index < -0.39 is 23.4 Å². The SMILES string of the molecule is CNC(=O)c1ccc2oc(C(CC(=O)O)C(O)=S)nc2c1. The Morgan fingerprint density at radius 1 is 1.43 bits per heavy atom. The number of hydrogen-bond donors (Lipinski definition) is 3. The molecule has 2 aromatic rings. The number of amides is 1. The summed E-state index contributed by atoms with van der Waals surface area (Å²) in [6, 6.07) is 4.62. The third-order valence-electron chi connectivity index (χ3n) is 2.87. The molecule has 0 aliphatic rings. The average Bonchev–Trinajstić information content (AvgIpc) is 2.85. The summed E-state index contributed by atoms with van der Waals surface area (Å²) in [7, 11) is 1.51. The van der Waals surface area contributed by atoms with Crippen molar-refractivity contribution in [2.75, 3.05) is 7.05 Å². The van der Waals surface area contributed by atoms with Gasteiger partial charge in [-0.1, -0.05) is 0 Å². The van der Waals surface area contributed by atoms with Gasteiger partial charge < -0.3 is 19.9 Å². The van der Waals surface area contributed by atoms with Gasteiger partial charge in [0.25, 0.3) is 5.91 Å². The first-order chi connectivity index (χ1) is 9.92. The Hall–Kier alpha value is -2.48. The summed E-state index contributed by atoms with van der Waals surface area (Å²) in [5, 5.41) is 20.2. The molecule has 0 fully saturated rings. The Kier molecular flexibility index (Phi) is 4.18. The second kappa shape index (κ2) is 5.88. The van der Waals surface area contributed by atoms with Crippen molar-refractivity contribution in [1.29, 1.82) is 0 Å². The molecular weight excluding hydrogens is 296 g/mol. The van der Waals surface area contributed by atoms with Gasteiger partial charge in [-0.25, -0.2) is 4.98 Å². The van der Waals surface area contributed by atoms with Gasteiger partial charge in [-0.15, -0.1) is 0 Å². The Morgan fingerprint density at radius 3 is 2.71 bits per heavy atom. The zero-order chi connectivity index (χ0) is 15.6. The van der Waals surface area contributed by atoms with Crippen molar-refractivity contribution in [3.63, 3.8) is 0 Å². The number of carboxylic acid groups (broad SMARTS) is 1. The zero-order valence-electron chi connectivity index (χ0n) is 11.0. The molecule has 1 amide bonds. The third-order valence-corrected chi connectivity index (χ3v) is 3.15. The van der Waals surface area contributed by atoms with Crippen LogP contribution in [0.25, 0.3) is 11.1 Å². The molecule has 1 aromatic carbocycles. The largest absolute Gasteiger partial charge is 0.501 e. The van der Waals surface area contributed by atoms with Crippen molar-refractivity contribution < 1.29 is 24.2 Å². The van der Waals surface area contributed by atoms with Crippen LogP contribution in [0.15, 0.2) is 22.6 Å². The number of aliphatic hydroxyl groups excluding tert-OH is 1. The number of aliphatic hydroxyl groups is 1. The smallest absolute Gasteiger partial charge is 0.304 e. The molecular formula is C13H12N2O5S. The fourth-order valence-electron chi connectivity index (χ4n) is 1.83. The number of aromatic nitrogens is 1. The van der Waals surface area contributed by atoms with Crippen molar-refractivity contribution in [1.82, 2.24) is 10.3 Å². The minimum atomic E-state index is -1.13. The fraction of sp³-hybridized carbons (Fsp3) is 0.231. The second-order valence-electron chi connectivity index (χ2n) is 4.30. The quantitative estimate of drug-likeness (QED) is 0.719. The van der Waals surface area contributed by atoms with E-state index >= 15 is 0 Å². The van der Waals surface area contributed by atoms with E-state index in [1.165, 1.54) is 13.1 Å². The number of nitrogens with one attached hydrogen (secondary N) is 1. The molecule has 8 heteroatoms. The van der Waals surface area contributed by atoms with Gasteiger partial charge in [-0.2, -0.15) is 0 Å². The van der Waals surface area contributed by atoms with Crippen LogP contribution >= 0.6 is 12.2 Å². The van der Waals surface area contributed by atoms with Crippen LogP contribution < -0.4 is 5.32 Å². The molecule has 0 aliphatic carbocycles. The van der Waals surface area contributed by atoms with Gasteiger partial charge >= 0.3 is 5.97 Å². The van der Waals surface area contributed by atoms with Crippen LogP contribution in [0.2, 0.25) is 0 Å². The minimum absolute atomic E-state index is 0.00829. The molecule has 0 saturated carbocycles. The molecule has 0 spiro atoms. The van der Waals surface area contributed by atoms with Crippen molar-refractivity contribution in [2.24, 2.45) is 0 Å². The monoisotopic (exact) mass is 308 g/mol. The number of fused-ring (bicyclic) bond motifs is 1. The Labute approximate surface area is 124 Å². The highest BCUT2D eigenvalue weighted by Crippen LogP contribution is 2.25. The van der Waals surface area contributed by atoms with Gasteiger partial charge in [0.15, 0.2) is 10.6 Å². The number of thiocarbonyl (C=S) groups is 1. The van der Waals surface area contributed by atoms with Crippen LogP contribution in [0.3, 0.4) is 0 Å². The van der Waals surface area contributed by atoms with E-state index in [0.29, 0.717) is 16.7 Å². The first kappa shape index (κ1) is 14.9. The maximum atomic E-state index is 11.5. The average molecular weight is 308 g/mol. The number of carbonyl (C=O) groups is 2. The lowest BCUT2D eigenvalue weighted by Crippen LogP contribution is -2.17. The van der Waals surface area contributed by atoms with E-state index in [0.717, 1.165) is 0 Å². The molecule has 2 rings (SSSR count). The standard InChI is InChI=1S/C13H12N2O5S/c1-14-11(18)6-2-3-9-8(4-6)15-12(20-9)7(13(19)21)5-10(16)17/h2-4,7H,5H2,1H3,(H,14,18)(H,16,17)(H,19,21). The molecule has 0 radical (unpaired) electrons. The number of carboxylic acids is 1. The van der Waals surface area contributed by atoms with Crippen molar-refractivity contribution in [3.8, 4) is 0 Å². The second-order valence-corrected chi connectivity index (χ2v) is 4.72. The highest BCUT2D eigenvalue weighted by atomic mass is 32.1. The molecule has 0 bridgehead atoms. The molecule has 0 aliphatic heterocycles. The lowest BCUT2D eigenvalue weighted by molar-refractivity contribution is -0.137. The maximum Gasteiger partial charge on any atom is 0.304 e. The van der Waals surface area contributed by atoms with Crippen LogP contribution in [0.5, 0.6) is 0 Å². The maximum absolute atomic E-state index is 11.5. The number of benzene rings is 1. The van der Waals surface area contributed by atoms with Crippen molar-refractivity contribution in [2.45, 2.75) is 12.3 Å². The van der Waals surface area contributed by atoms with Gasteiger partial charge in [0.1, 0.15) is 11.4 Å². The molecule has 110 valence electrons. The van der Waals surface area contributed by atoms with Gasteiger partial charge in [0.05, 0.1) is 6.42 Å². The summed E-state index contributed by atoms with van der Waals surface area (Å²) in [6.45, 7) is 0. The normalized spacial score (nSPS) is 12.0. The topological polar surface area (TPSA) is 113 Å². The van der Waals surface area contributed by atoms with Crippen LogP contribution in [-0.2, 0) is 4.79 Å². The zero-order valence-corrected chi connectivity index (χ0v) is 11.8. The lowest BCUT2D eigenvalue weighted by atomic mass is 10.1. The highest BCUT2D eigenvalue weighted by Gasteiger charge is 2.25. The number of nitrogens with zero attached hydrogens (tertiary/aromatic N) is 1. The van der Waals surface area contributed by atoms with E-state index in [2.05, 4.69) is 22.5 Å². The molecule has 21 heavy (non-hydrogen) atoms. The van der Waals surface area contributed by atoms with E-state index in [9.17, 15) is 14.7 Å². The Morgan fingerprint density at radius 2 is 2.14 bits per heavy atom. The first-order valence-corrected chi connectivity index (χ1v) is 6.40. The summed E-state index contributed by atoms with van der Waals surface area (Å²) in [5.74, 6) is -2.41. The van der Waals surface area contributed by atoms with Crippen LogP contribution in [0.1, 0.15) is 28.6 Å². The summed E-state index contributed by atoms with van der Waals surface area (Å²) >= 11 is 4.64. The Balaban J connectivity index is 2.43. The third kappa shape index (κ3) is 3.16. The summed E-state index contributed by atoms with van der Waals surface area (Å²) in [6.07, 6.45) is -0.426. The number of carbonyl (C=O) groups excluding carboxylic acids is 1. The number of aliphatic carboxylic acids is 1. The van der Waals surface area contributed by atoms with Crippen molar-refractivity contribution >= 4 is 40.2 Å². The van der Waals surface area contributed by atoms with Crippen LogP contribution in [-0.4, -0.2) is 39.2 Å². The van der Waals surface area contributed by atoms with E-state index in [-0.39, 0.29) is 11.8 Å². The molecule has 1 atom stereocenters. The number of hydrogen-bond acceptors (Lipinski definition) is 5. The predicted molar refractivity (Wildman–Crippen MR) is 77.6 cm³/mol. The lowest BCUT2D eigenvalue weighted by Gasteiger charge is -2.06. The number of oxazole rings is 1. The van der Waals surface area contributed by atoms with Gasteiger partial charge in [-0.3, -0.25) is 9.59 Å². The minimum Gasteiger partial charge on any atom is -0.501 e. The highest BCUT2D eigenvalue weighted by molar-refractivity contribution is 7.80. The molecule has 0 saturated heterocycles. The van der Waals surface area contributed by atoms with E-state index in [1.807, 2.05) is 0 Å². The number of rotatable bonds is 5. The molecule has 7 nitrogen and oxygen atoms in total. The first-order valence-electron chi connectivity index (χ1n) is 5.99. The Bertz CT molecular complexity index is 724. The van der Waals surface area contributed by atoms with Crippen molar-refractivity contribution in [3.05, 3.63) is 29.7 Å². The van der Waals surface area contributed by atoms with Gasteiger partial charge in [0.2, 0.25) is 5.89 Å². The predicted octanol–water partition coefficient (Wildman–Crippen LogP) is 1.63. The molecule has 3 N–H and O–H groups in total. The van der Waals surface area contributed by atoms with Gasteiger partial charge in [0, 0.05) is 12.6 Å². The molecule has 1 unspecified atom stereocenters. The van der Waals surface area contributed by atoms with E-state index in [4.69, 9.17) is 9.52 Å². The molecule has 1 aromatic heterocycles. The van der Waals surface area contributed by atoms with E-state index in [1.54, 1.807) is 12.1 Å². The van der Waals surface area contributed by atoms with Crippen LogP contribution in [0, 0.1) is 0 Å². The summed E-state index contributed by atoms with van der Waals surface area (Å²) in [5.41, 5.74) is 1.16.